The number of rotatable bonds is 3. The molecule has 0 saturated carbocycles. The van der Waals surface area contributed by atoms with E-state index in [1.807, 2.05) is 24.3 Å². The Labute approximate surface area is 123 Å². The predicted molar refractivity (Wildman–Crippen MR) is 79.3 cm³/mol. The van der Waals surface area contributed by atoms with Gasteiger partial charge in [0.15, 0.2) is 11.6 Å². The summed E-state index contributed by atoms with van der Waals surface area (Å²) in [7, 11) is 1.29. The molecule has 108 valence electrons. The van der Waals surface area contributed by atoms with Crippen molar-refractivity contribution >= 4 is 0 Å². The standard InChI is InChI=1S/C18H16F2O/c1-3-4-13-5-7-14(8-6-13)9-10-15-11-12-16(19)17(20)18(15)21-2/h5-8,11-12H,3-4H2,1-2H3. The van der Waals surface area contributed by atoms with E-state index in [2.05, 4.69) is 18.8 Å². The molecule has 2 rings (SSSR count). The summed E-state index contributed by atoms with van der Waals surface area (Å²) in [5, 5.41) is 0. The van der Waals surface area contributed by atoms with Crippen molar-refractivity contribution in [2.24, 2.45) is 0 Å². The summed E-state index contributed by atoms with van der Waals surface area (Å²) in [5.74, 6) is 3.63. The van der Waals surface area contributed by atoms with Crippen LogP contribution in [0.4, 0.5) is 8.78 Å². The fourth-order valence-corrected chi connectivity index (χ4v) is 2.01. The van der Waals surface area contributed by atoms with Crippen LogP contribution in [-0.4, -0.2) is 7.11 Å². The van der Waals surface area contributed by atoms with Gasteiger partial charge >= 0.3 is 0 Å². The number of hydrogen-bond donors (Lipinski definition) is 0. The van der Waals surface area contributed by atoms with Crippen LogP contribution in [-0.2, 0) is 6.42 Å². The summed E-state index contributed by atoms with van der Waals surface area (Å²) in [5.41, 5.74) is 2.41. The van der Waals surface area contributed by atoms with Crippen molar-refractivity contribution in [3.05, 3.63) is 64.7 Å². The molecule has 0 bridgehead atoms. The van der Waals surface area contributed by atoms with Gasteiger partial charge in [-0.25, -0.2) is 4.39 Å². The van der Waals surface area contributed by atoms with Crippen molar-refractivity contribution in [3.63, 3.8) is 0 Å². The molecule has 21 heavy (non-hydrogen) atoms. The van der Waals surface area contributed by atoms with Gasteiger partial charge in [-0.15, -0.1) is 0 Å². The second-order valence-electron chi connectivity index (χ2n) is 4.64. The second-order valence-corrected chi connectivity index (χ2v) is 4.64. The van der Waals surface area contributed by atoms with Crippen LogP contribution in [0.15, 0.2) is 36.4 Å². The first kappa shape index (κ1) is 15.1. The normalized spacial score (nSPS) is 9.90. The maximum absolute atomic E-state index is 13.6. The highest BCUT2D eigenvalue weighted by molar-refractivity contribution is 5.50. The van der Waals surface area contributed by atoms with Gasteiger partial charge in [0.25, 0.3) is 0 Å². The molecule has 1 nitrogen and oxygen atoms in total. The summed E-state index contributed by atoms with van der Waals surface area (Å²) in [6.45, 7) is 2.13. The molecule has 0 unspecified atom stereocenters. The van der Waals surface area contributed by atoms with Gasteiger partial charge in [0, 0.05) is 5.56 Å². The first-order chi connectivity index (χ1) is 10.2. The van der Waals surface area contributed by atoms with Crippen LogP contribution in [0, 0.1) is 23.5 Å². The largest absolute Gasteiger partial charge is 0.492 e. The summed E-state index contributed by atoms with van der Waals surface area (Å²) in [6.07, 6.45) is 2.13. The van der Waals surface area contributed by atoms with Gasteiger partial charge in [-0.2, -0.15) is 4.39 Å². The lowest BCUT2D eigenvalue weighted by Gasteiger charge is -2.04. The van der Waals surface area contributed by atoms with E-state index in [9.17, 15) is 8.78 Å². The monoisotopic (exact) mass is 286 g/mol. The van der Waals surface area contributed by atoms with Crippen molar-refractivity contribution in [1.82, 2.24) is 0 Å². The molecule has 0 aliphatic rings. The molecule has 3 heteroatoms. The van der Waals surface area contributed by atoms with E-state index >= 15 is 0 Å². The molecule has 0 heterocycles. The molecule has 0 atom stereocenters. The third-order valence-electron chi connectivity index (χ3n) is 3.09. The Morgan fingerprint density at radius 2 is 1.71 bits per heavy atom. The molecule has 0 radical (unpaired) electrons. The third kappa shape index (κ3) is 3.61. The first-order valence-corrected chi connectivity index (χ1v) is 6.78. The van der Waals surface area contributed by atoms with Crippen LogP contribution in [0.3, 0.4) is 0 Å². The number of aryl methyl sites for hydroxylation is 1. The molecule has 0 aliphatic carbocycles. The predicted octanol–water partition coefficient (Wildman–Crippen LogP) is 4.33. The zero-order valence-corrected chi connectivity index (χ0v) is 12.0. The molecule has 0 aromatic heterocycles. The third-order valence-corrected chi connectivity index (χ3v) is 3.09. The van der Waals surface area contributed by atoms with Crippen molar-refractivity contribution in [2.75, 3.05) is 7.11 Å². The van der Waals surface area contributed by atoms with E-state index in [1.54, 1.807) is 0 Å². The van der Waals surface area contributed by atoms with Gasteiger partial charge in [-0.3, -0.25) is 0 Å². The van der Waals surface area contributed by atoms with Crippen molar-refractivity contribution in [2.45, 2.75) is 19.8 Å². The van der Waals surface area contributed by atoms with Crippen molar-refractivity contribution in [3.8, 4) is 17.6 Å². The minimum Gasteiger partial charge on any atom is -0.492 e. The Hall–Kier alpha value is -2.34. The Bertz CT molecular complexity index is 679. The first-order valence-electron chi connectivity index (χ1n) is 6.78. The lowest BCUT2D eigenvalue weighted by Crippen LogP contribution is -1.95. The zero-order valence-electron chi connectivity index (χ0n) is 12.0. The molecule has 2 aromatic rings. The lowest BCUT2D eigenvalue weighted by atomic mass is 10.1. The topological polar surface area (TPSA) is 9.23 Å². The highest BCUT2D eigenvalue weighted by atomic mass is 19.2. The van der Waals surface area contributed by atoms with E-state index < -0.39 is 11.6 Å². The SMILES string of the molecule is CCCc1ccc(C#Cc2ccc(F)c(F)c2OC)cc1. The van der Waals surface area contributed by atoms with Gasteiger partial charge in [0.1, 0.15) is 0 Å². The molecule has 0 spiro atoms. The molecule has 2 aromatic carbocycles. The van der Waals surface area contributed by atoms with E-state index in [0.717, 1.165) is 24.5 Å². The summed E-state index contributed by atoms with van der Waals surface area (Å²) < 4.78 is 31.6. The fourth-order valence-electron chi connectivity index (χ4n) is 2.01. The van der Waals surface area contributed by atoms with E-state index in [0.29, 0.717) is 5.56 Å². The van der Waals surface area contributed by atoms with Gasteiger partial charge in [-0.1, -0.05) is 37.3 Å². The quantitative estimate of drug-likeness (QED) is 0.763. The Morgan fingerprint density at radius 1 is 1.00 bits per heavy atom. The van der Waals surface area contributed by atoms with E-state index in [4.69, 9.17) is 4.74 Å². The van der Waals surface area contributed by atoms with E-state index in [1.165, 1.54) is 18.7 Å². The van der Waals surface area contributed by atoms with Gasteiger partial charge in [0.2, 0.25) is 5.82 Å². The molecule has 0 amide bonds. The maximum atomic E-state index is 13.6. The highest BCUT2D eigenvalue weighted by Gasteiger charge is 2.12. The van der Waals surface area contributed by atoms with Crippen LogP contribution < -0.4 is 4.74 Å². The average Bonchev–Trinajstić information content (AvgIpc) is 2.50. The highest BCUT2D eigenvalue weighted by Crippen LogP contribution is 2.24. The van der Waals surface area contributed by atoms with Crippen LogP contribution in [0.2, 0.25) is 0 Å². The minimum absolute atomic E-state index is 0.162. The summed E-state index contributed by atoms with van der Waals surface area (Å²) in [4.78, 5) is 0. The van der Waals surface area contributed by atoms with Crippen molar-refractivity contribution in [1.29, 1.82) is 0 Å². The number of benzene rings is 2. The molecule has 0 fully saturated rings. The molecule has 0 aliphatic heterocycles. The van der Waals surface area contributed by atoms with E-state index in [-0.39, 0.29) is 5.75 Å². The van der Waals surface area contributed by atoms with Gasteiger partial charge in [-0.05, 0) is 36.2 Å². The van der Waals surface area contributed by atoms with Gasteiger partial charge in [0.05, 0.1) is 12.7 Å². The summed E-state index contributed by atoms with van der Waals surface area (Å²) in [6, 6.07) is 10.3. The number of halogens is 2. The molecular formula is C18H16F2O. The molecule has 0 N–H and O–H groups in total. The zero-order chi connectivity index (χ0) is 15.2. The molecule has 0 saturated heterocycles. The van der Waals surface area contributed by atoms with Crippen molar-refractivity contribution < 1.29 is 13.5 Å². The summed E-state index contributed by atoms with van der Waals surface area (Å²) >= 11 is 0. The Kier molecular flexibility index (Phi) is 4.94. The van der Waals surface area contributed by atoms with Crippen LogP contribution >= 0.6 is 0 Å². The Balaban J connectivity index is 2.28. The fraction of sp³-hybridized carbons (Fsp3) is 0.222. The average molecular weight is 286 g/mol. The van der Waals surface area contributed by atoms with Crippen LogP contribution in [0.25, 0.3) is 0 Å². The van der Waals surface area contributed by atoms with Crippen LogP contribution in [0.1, 0.15) is 30.0 Å². The second kappa shape index (κ2) is 6.90. The van der Waals surface area contributed by atoms with Crippen LogP contribution in [0.5, 0.6) is 5.75 Å². The maximum Gasteiger partial charge on any atom is 0.201 e. The molecular weight excluding hydrogens is 270 g/mol. The smallest absolute Gasteiger partial charge is 0.201 e. The van der Waals surface area contributed by atoms with Gasteiger partial charge < -0.3 is 4.74 Å². The minimum atomic E-state index is -1.01. The number of ether oxygens (including phenoxy) is 1. The lowest BCUT2D eigenvalue weighted by molar-refractivity contribution is 0.370. The number of methoxy groups -OCH3 is 1. The Morgan fingerprint density at radius 3 is 2.33 bits per heavy atom. The number of hydrogen-bond acceptors (Lipinski definition) is 1.